The molecule has 0 saturated heterocycles. The molecule has 1 aliphatic rings. The van der Waals surface area contributed by atoms with Gasteiger partial charge in [-0.3, -0.25) is 9.59 Å². The lowest BCUT2D eigenvalue weighted by Gasteiger charge is -2.09. The third-order valence-corrected chi connectivity index (χ3v) is 5.26. The van der Waals surface area contributed by atoms with Crippen LogP contribution in [0.1, 0.15) is 32.6 Å². The number of nitrogens with one attached hydrogen (secondary N) is 2. The van der Waals surface area contributed by atoms with Gasteiger partial charge in [-0.1, -0.05) is 36.4 Å². The monoisotopic (exact) mass is 370 g/mol. The summed E-state index contributed by atoms with van der Waals surface area (Å²) in [5.74, 6) is -0.490. The van der Waals surface area contributed by atoms with Crippen LogP contribution in [0.5, 0.6) is 0 Å². The molecule has 0 bridgehead atoms. The molecule has 0 atom stereocenters. The van der Waals surface area contributed by atoms with Gasteiger partial charge in [-0.25, -0.2) is 0 Å². The Bertz CT molecular complexity index is 1090. The zero-order valence-electron chi connectivity index (χ0n) is 16.0. The number of rotatable bonds is 4. The molecule has 28 heavy (non-hydrogen) atoms. The summed E-state index contributed by atoms with van der Waals surface area (Å²) in [5, 5.41) is 5.55. The summed E-state index contributed by atoms with van der Waals surface area (Å²) in [5.41, 5.74) is 8.49. The highest BCUT2D eigenvalue weighted by atomic mass is 16.2. The van der Waals surface area contributed by atoms with E-state index in [1.165, 1.54) is 22.3 Å². The summed E-state index contributed by atoms with van der Waals surface area (Å²) in [4.78, 5) is 24.5. The van der Waals surface area contributed by atoms with E-state index < -0.39 is 0 Å². The van der Waals surface area contributed by atoms with Crippen LogP contribution in [0.3, 0.4) is 0 Å². The molecule has 2 N–H and O–H groups in total. The number of aryl methyl sites for hydroxylation is 2. The van der Waals surface area contributed by atoms with Gasteiger partial charge in [0.2, 0.25) is 5.91 Å². The predicted octanol–water partition coefficient (Wildman–Crippen LogP) is 4.24. The quantitative estimate of drug-likeness (QED) is 0.564. The molecule has 0 saturated carbocycles. The minimum atomic E-state index is -0.248. The molecule has 4 nitrogen and oxygen atoms in total. The molecular formula is C24H22N2O2. The molecule has 1 aliphatic carbocycles. The first-order chi connectivity index (χ1) is 13.5. The van der Waals surface area contributed by atoms with Crippen LogP contribution < -0.4 is 10.6 Å². The number of carbonyl (C=O) groups is 2. The summed E-state index contributed by atoms with van der Waals surface area (Å²) in [7, 11) is 0. The van der Waals surface area contributed by atoms with E-state index in [4.69, 9.17) is 0 Å². The van der Waals surface area contributed by atoms with Gasteiger partial charge in [-0.05, 0) is 77.9 Å². The van der Waals surface area contributed by atoms with Crippen LogP contribution in [-0.2, 0) is 11.2 Å². The highest BCUT2D eigenvalue weighted by molar-refractivity contribution is 5.99. The number of amides is 2. The van der Waals surface area contributed by atoms with Crippen molar-refractivity contribution in [3.8, 4) is 11.1 Å². The fourth-order valence-electron chi connectivity index (χ4n) is 3.57. The minimum Gasteiger partial charge on any atom is -0.343 e. The maximum Gasteiger partial charge on any atom is 0.251 e. The van der Waals surface area contributed by atoms with Gasteiger partial charge in [-0.2, -0.15) is 0 Å². The molecule has 0 radical (unpaired) electrons. The van der Waals surface area contributed by atoms with E-state index in [1.54, 1.807) is 6.07 Å². The minimum absolute atomic E-state index is 0.0664. The van der Waals surface area contributed by atoms with Gasteiger partial charge in [-0.15, -0.1) is 0 Å². The average Bonchev–Trinajstić information content (AvgIpc) is 3.06. The van der Waals surface area contributed by atoms with Crippen LogP contribution in [0, 0.1) is 13.8 Å². The van der Waals surface area contributed by atoms with Crippen molar-refractivity contribution in [3.05, 3.63) is 88.5 Å². The fourth-order valence-corrected chi connectivity index (χ4v) is 3.57. The topological polar surface area (TPSA) is 58.2 Å². The molecule has 0 fully saturated rings. The Balaban J connectivity index is 1.37. The molecule has 3 aromatic carbocycles. The number of anilines is 1. The molecule has 0 aromatic heterocycles. The molecular weight excluding hydrogens is 348 g/mol. The third kappa shape index (κ3) is 3.54. The van der Waals surface area contributed by atoms with Gasteiger partial charge >= 0.3 is 0 Å². The van der Waals surface area contributed by atoms with Gasteiger partial charge in [0.25, 0.3) is 5.91 Å². The van der Waals surface area contributed by atoms with Gasteiger partial charge < -0.3 is 10.6 Å². The maximum atomic E-state index is 12.3. The first-order valence-electron chi connectivity index (χ1n) is 9.38. The number of hydrogen-bond donors (Lipinski definition) is 2. The predicted molar refractivity (Wildman–Crippen MR) is 112 cm³/mol. The molecule has 0 aliphatic heterocycles. The van der Waals surface area contributed by atoms with E-state index in [1.807, 2.05) is 56.3 Å². The van der Waals surface area contributed by atoms with Crippen LogP contribution in [0.25, 0.3) is 11.1 Å². The number of hydrogen-bond acceptors (Lipinski definition) is 2. The van der Waals surface area contributed by atoms with Crippen LogP contribution in [0.2, 0.25) is 0 Å². The summed E-state index contributed by atoms with van der Waals surface area (Å²) in [6, 6.07) is 19.8. The first-order valence-corrected chi connectivity index (χ1v) is 9.38. The smallest absolute Gasteiger partial charge is 0.251 e. The van der Waals surface area contributed by atoms with Crippen molar-refractivity contribution in [2.24, 2.45) is 0 Å². The Hall–Kier alpha value is -3.40. The number of fused-ring (bicyclic) bond motifs is 3. The Labute approximate surface area is 164 Å². The van der Waals surface area contributed by atoms with E-state index in [-0.39, 0.29) is 18.4 Å². The Morgan fingerprint density at radius 3 is 2.46 bits per heavy atom. The fraction of sp³-hybridized carbons (Fsp3) is 0.167. The molecule has 3 aromatic rings. The summed E-state index contributed by atoms with van der Waals surface area (Å²) >= 11 is 0. The molecule has 2 amide bonds. The van der Waals surface area contributed by atoms with E-state index in [2.05, 4.69) is 22.8 Å². The van der Waals surface area contributed by atoms with Crippen molar-refractivity contribution in [3.63, 3.8) is 0 Å². The van der Waals surface area contributed by atoms with E-state index in [9.17, 15) is 9.59 Å². The largest absolute Gasteiger partial charge is 0.343 e. The first kappa shape index (κ1) is 18.0. The van der Waals surface area contributed by atoms with Crippen molar-refractivity contribution >= 4 is 17.5 Å². The summed E-state index contributed by atoms with van der Waals surface area (Å²) in [6.45, 7) is 3.90. The Morgan fingerprint density at radius 1 is 0.857 bits per heavy atom. The van der Waals surface area contributed by atoms with Crippen molar-refractivity contribution in [1.29, 1.82) is 0 Å². The van der Waals surface area contributed by atoms with Crippen LogP contribution in [0.15, 0.2) is 60.7 Å². The molecule has 4 rings (SSSR count). The second-order valence-corrected chi connectivity index (χ2v) is 7.24. The third-order valence-electron chi connectivity index (χ3n) is 5.26. The summed E-state index contributed by atoms with van der Waals surface area (Å²) in [6.07, 6.45) is 0.874. The van der Waals surface area contributed by atoms with Gasteiger partial charge in [0.1, 0.15) is 0 Å². The second kappa shape index (κ2) is 7.31. The maximum absolute atomic E-state index is 12.3. The average molecular weight is 370 g/mol. The number of benzene rings is 3. The lowest BCUT2D eigenvalue weighted by atomic mass is 10.1. The highest BCUT2D eigenvalue weighted by Gasteiger charge is 2.18. The zero-order chi connectivity index (χ0) is 19.7. The number of carbonyl (C=O) groups excluding carboxylic acids is 2. The van der Waals surface area contributed by atoms with Crippen molar-refractivity contribution < 1.29 is 9.59 Å². The van der Waals surface area contributed by atoms with E-state index in [0.29, 0.717) is 5.56 Å². The van der Waals surface area contributed by atoms with Gasteiger partial charge in [0, 0.05) is 11.3 Å². The molecule has 0 unspecified atom stereocenters. The Morgan fingerprint density at radius 2 is 1.64 bits per heavy atom. The van der Waals surface area contributed by atoms with Gasteiger partial charge in [0.15, 0.2) is 0 Å². The molecule has 0 heterocycles. The highest BCUT2D eigenvalue weighted by Crippen LogP contribution is 2.37. The van der Waals surface area contributed by atoms with Crippen molar-refractivity contribution in [2.45, 2.75) is 20.3 Å². The lowest BCUT2D eigenvalue weighted by Crippen LogP contribution is -2.32. The summed E-state index contributed by atoms with van der Waals surface area (Å²) < 4.78 is 0. The van der Waals surface area contributed by atoms with E-state index in [0.717, 1.165) is 23.2 Å². The lowest BCUT2D eigenvalue weighted by molar-refractivity contribution is -0.115. The van der Waals surface area contributed by atoms with Crippen molar-refractivity contribution in [1.82, 2.24) is 5.32 Å². The molecule has 4 heteroatoms. The molecule has 0 spiro atoms. The normalized spacial score (nSPS) is 11.5. The van der Waals surface area contributed by atoms with Gasteiger partial charge in [0.05, 0.1) is 6.54 Å². The zero-order valence-corrected chi connectivity index (χ0v) is 16.0. The second-order valence-electron chi connectivity index (χ2n) is 7.24. The standard InChI is InChI=1S/C24H22N2O2/c1-15-7-8-18(11-16(15)2)24(28)25-14-23(27)26-20-9-10-22-19(13-20)12-17-5-3-4-6-21(17)22/h3-11,13H,12,14H2,1-2H3,(H,25,28)(H,26,27). The van der Waals surface area contributed by atoms with Crippen LogP contribution in [-0.4, -0.2) is 18.4 Å². The SMILES string of the molecule is Cc1ccc(C(=O)NCC(=O)Nc2ccc3c(c2)Cc2ccccc2-3)cc1C. The van der Waals surface area contributed by atoms with Crippen LogP contribution >= 0.6 is 0 Å². The Kier molecular flexibility index (Phi) is 4.70. The van der Waals surface area contributed by atoms with Crippen LogP contribution in [0.4, 0.5) is 5.69 Å². The molecule has 140 valence electrons. The van der Waals surface area contributed by atoms with E-state index >= 15 is 0 Å². The van der Waals surface area contributed by atoms with Crippen molar-refractivity contribution in [2.75, 3.05) is 11.9 Å².